The third-order valence-corrected chi connectivity index (χ3v) is 4.79. The maximum absolute atomic E-state index is 5.56. The van der Waals surface area contributed by atoms with Crippen LogP contribution in [0.1, 0.15) is 56.9 Å². The lowest BCUT2D eigenvalue weighted by atomic mass is 9.84. The Morgan fingerprint density at radius 1 is 1.10 bits per heavy atom. The molecule has 1 atom stereocenters. The van der Waals surface area contributed by atoms with Crippen LogP contribution in [-0.2, 0) is 0 Å². The van der Waals surface area contributed by atoms with E-state index in [0.717, 1.165) is 30.9 Å². The summed E-state index contributed by atoms with van der Waals surface area (Å²) in [6.45, 7) is 3.94. The summed E-state index contributed by atoms with van der Waals surface area (Å²) >= 11 is 0. The van der Waals surface area contributed by atoms with Gasteiger partial charge in [-0.3, -0.25) is 0 Å². The van der Waals surface area contributed by atoms with E-state index in [0.29, 0.717) is 5.92 Å². The lowest BCUT2D eigenvalue weighted by molar-refractivity contribution is 0.339. The molecule has 3 rings (SSSR count). The second kappa shape index (κ2) is 6.62. The molecule has 2 heteroatoms. The van der Waals surface area contributed by atoms with Crippen molar-refractivity contribution in [2.45, 2.75) is 57.4 Å². The first-order valence-corrected chi connectivity index (χ1v) is 8.33. The summed E-state index contributed by atoms with van der Waals surface area (Å²) in [5.74, 6) is 2.56. The summed E-state index contributed by atoms with van der Waals surface area (Å²) in [7, 11) is 0. The first kappa shape index (κ1) is 13.9. The van der Waals surface area contributed by atoms with Crippen LogP contribution in [-0.4, -0.2) is 19.2 Å². The Morgan fingerprint density at radius 3 is 2.40 bits per heavy atom. The van der Waals surface area contributed by atoms with Crippen molar-refractivity contribution in [3.63, 3.8) is 0 Å². The van der Waals surface area contributed by atoms with Crippen LogP contribution >= 0.6 is 0 Å². The van der Waals surface area contributed by atoms with Gasteiger partial charge < -0.3 is 10.1 Å². The van der Waals surface area contributed by atoms with Gasteiger partial charge >= 0.3 is 0 Å². The van der Waals surface area contributed by atoms with Gasteiger partial charge in [-0.1, -0.05) is 25.0 Å². The Hall–Kier alpha value is -1.02. The minimum atomic E-state index is 0.689. The fraction of sp³-hybridized carbons (Fsp3) is 0.667. The minimum Gasteiger partial charge on any atom is -0.494 e. The van der Waals surface area contributed by atoms with Crippen molar-refractivity contribution in [2.75, 3.05) is 13.2 Å². The van der Waals surface area contributed by atoms with Crippen molar-refractivity contribution in [1.82, 2.24) is 5.32 Å². The maximum atomic E-state index is 5.56. The summed E-state index contributed by atoms with van der Waals surface area (Å²) in [6, 6.07) is 9.64. The second-order valence-electron chi connectivity index (χ2n) is 6.34. The molecule has 1 N–H and O–H groups in total. The molecule has 0 amide bonds. The zero-order chi connectivity index (χ0) is 13.8. The Balaban J connectivity index is 1.68. The molecule has 1 aromatic rings. The largest absolute Gasteiger partial charge is 0.494 e. The molecule has 0 heterocycles. The molecule has 2 aliphatic carbocycles. The highest BCUT2D eigenvalue weighted by molar-refractivity contribution is 5.30. The zero-order valence-electron chi connectivity index (χ0n) is 12.6. The van der Waals surface area contributed by atoms with Crippen LogP contribution in [0.25, 0.3) is 0 Å². The van der Waals surface area contributed by atoms with E-state index in [9.17, 15) is 0 Å². The SMILES string of the molecule is CCOc1ccc(C(CNC2CC2)C2CCCC2)cc1. The van der Waals surface area contributed by atoms with Crippen LogP contribution in [0.5, 0.6) is 5.75 Å². The lowest BCUT2D eigenvalue weighted by Gasteiger charge is -2.24. The zero-order valence-corrected chi connectivity index (χ0v) is 12.6. The van der Waals surface area contributed by atoms with Gasteiger partial charge in [0.15, 0.2) is 0 Å². The van der Waals surface area contributed by atoms with Crippen LogP contribution in [0.15, 0.2) is 24.3 Å². The quantitative estimate of drug-likeness (QED) is 0.807. The van der Waals surface area contributed by atoms with E-state index in [1.54, 1.807) is 0 Å². The molecule has 0 aliphatic heterocycles. The third kappa shape index (κ3) is 3.54. The van der Waals surface area contributed by atoms with Gasteiger partial charge in [-0.15, -0.1) is 0 Å². The van der Waals surface area contributed by atoms with Gasteiger partial charge in [-0.25, -0.2) is 0 Å². The number of benzene rings is 1. The summed E-state index contributed by atoms with van der Waals surface area (Å²) in [5, 5.41) is 3.74. The van der Waals surface area contributed by atoms with Gasteiger partial charge in [-0.05, 0) is 62.1 Å². The van der Waals surface area contributed by atoms with Crippen molar-refractivity contribution in [3.05, 3.63) is 29.8 Å². The van der Waals surface area contributed by atoms with E-state index in [4.69, 9.17) is 4.74 Å². The highest BCUT2D eigenvalue weighted by Crippen LogP contribution is 2.38. The predicted molar refractivity (Wildman–Crippen MR) is 83.3 cm³/mol. The molecule has 0 bridgehead atoms. The number of nitrogens with one attached hydrogen (secondary N) is 1. The molecular weight excluding hydrogens is 246 g/mol. The van der Waals surface area contributed by atoms with E-state index in [1.807, 2.05) is 6.92 Å². The number of hydrogen-bond donors (Lipinski definition) is 1. The fourth-order valence-corrected chi connectivity index (χ4v) is 3.48. The maximum Gasteiger partial charge on any atom is 0.119 e. The van der Waals surface area contributed by atoms with Gasteiger partial charge in [0.25, 0.3) is 0 Å². The monoisotopic (exact) mass is 273 g/mol. The highest BCUT2D eigenvalue weighted by atomic mass is 16.5. The summed E-state index contributed by atoms with van der Waals surface area (Å²) in [4.78, 5) is 0. The molecule has 0 radical (unpaired) electrons. The molecule has 0 spiro atoms. The van der Waals surface area contributed by atoms with Crippen molar-refractivity contribution in [2.24, 2.45) is 5.92 Å². The highest BCUT2D eigenvalue weighted by Gasteiger charge is 2.28. The molecule has 0 aromatic heterocycles. The molecule has 1 unspecified atom stereocenters. The van der Waals surface area contributed by atoms with Gasteiger partial charge in [0, 0.05) is 12.6 Å². The molecule has 2 nitrogen and oxygen atoms in total. The summed E-state index contributed by atoms with van der Waals surface area (Å²) in [5.41, 5.74) is 1.49. The van der Waals surface area contributed by atoms with Crippen LogP contribution < -0.4 is 10.1 Å². The van der Waals surface area contributed by atoms with Gasteiger partial charge in [-0.2, -0.15) is 0 Å². The Kier molecular flexibility index (Phi) is 4.62. The Bertz CT molecular complexity index is 404. The summed E-state index contributed by atoms with van der Waals surface area (Å²) in [6.07, 6.45) is 8.40. The van der Waals surface area contributed by atoms with E-state index in [2.05, 4.69) is 29.6 Å². The average molecular weight is 273 g/mol. The first-order valence-electron chi connectivity index (χ1n) is 8.33. The van der Waals surface area contributed by atoms with Crippen LogP contribution in [0, 0.1) is 5.92 Å². The van der Waals surface area contributed by atoms with Gasteiger partial charge in [0.05, 0.1) is 6.61 Å². The normalized spacial score (nSPS) is 21.1. The lowest BCUT2D eigenvalue weighted by Crippen LogP contribution is -2.27. The molecule has 2 fully saturated rings. The second-order valence-corrected chi connectivity index (χ2v) is 6.34. The minimum absolute atomic E-state index is 0.689. The molecule has 20 heavy (non-hydrogen) atoms. The van der Waals surface area contributed by atoms with E-state index in [1.165, 1.54) is 44.1 Å². The van der Waals surface area contributed by atoms with Crippen LogP contribution in [0.2, 0.25) is 0 Å². The van der Waals surface area contributed by atoms with Crippen molar-refractivity contribution >= 4 is 0 Å². The van der Waals surface area contributed by atoms with Crippen LogP contribution in [0.4, 0.5) is 0 Å². The fourth-order valence-electron chi connectivity index (χ4n) is 3.48. The molecule has 2 saturated carbocycles. The molecule has 110 valence electrons. The van der Waals surface area contributed by atoms with Crippen molar-refractivity contribution in [1.29, 1.82) is 0 Å². The number of ether oxygens (including phenoxy) is 1. The van der Waals surface area contributed by atoms with Crippen molar-refractivity contribution < 1.29 is 4.74 Å². The molecule has 1 aromatic carbocycles. The van der Waals surface area contributed by atoms with E-state index >= 15 is 0 Å². The standard InChI is InChI=1S/C18H27NO/c1-2-20-17-11-7-15(8-12-17)18(13-19-16-9-10-16)14-5-3-4-6-14/h7-8,11-12,14,16,18-19H,2-6,9-10,13H2,1H3. The van der Waals surface area contributed by atoms with Crippen LogP contribution in [0.3, 0.4) is 0 Å². The van der Waals surface area contributed by atoms with Gasteiger partial charge in [0.1, 0.15) is 5.75 Å². The number of rotatable bonds is 7. The Labute approximate surface area is 122 Å². The molecular formula is C18H27NO. The third-order valence-electron chi connectivity index (χ3n) is 4.79. The Morgan fingerprint density at radius 2 is 1.80 bits per heavy atom. The molecule has 2 aliphatic rings. The smallest absolute Gasteiger partial charge is 0.119 e. The average Bonchev–Trinajstić information content (AvgIpc) is 3.14. The summed E-state index contributed by atoms with van der Waals surface area (Å²) < 4.78 is 5.56. The first-order chi connectivity index (χ1) is 9.86. The van der Waals surface area contributed by atoms with Gasteiger partial charge in [0.2, 0.25) is 0 Å². The molecule has 0 saturated heterocycles. The van der Waals surface area contributed by atoms with E-state index in [-0.39, 0.29) is 0 Å². The predicted octanol–water partition coefficient (Wildman–Crippen LogP) is 4.11. The van der Waals surface area contributed by atoms with Crippen molar-refractivity contribution in [3.8, 4) is 5.75 Å². The number of hydrogen-bond acceptors (Lipinski definition) is 2. The van der Waals surface area contributed by atoms with E-state index < -0.39 is 0 Å². The topological polar surface area (TPSA) is 21.3 Å².